The summed E-state index contributed by atoms with van der Waals surface area (Å²) in [6, 6.07) is 1.83. The largest absolute Gasteiger partial charge is 0.325 e. The van der Waals surface area contributed by atoms with Crippen LogP contribution in [0.2, 0.25) is 0 Å². The zero-order valence-electron chi connectivity index (χ0n) is 5.92. The minimum Gasteiger partial charge on any atom is -0.325 e. The average Bonchev–Trinajstić information content (AvgIpc) is 2.01. The van der Waals surface area contributed by atoms with Gasteiger partial charge in [-0.1, -0.05) is 6.92 Å². The first-order valence-corrected chi connectivity index (χ1v) is 3.11. The lowest BCUT2D eigenvalue weighted by Gasteiger charge is -2.12. The monoisotopic (exact) mass is 150 g/mol. The van der Waals surface area contributed by atoms with E-state index >= 15 is 0 Å². The third kappa shape index (κ3) is 1.13. The minimum atomic E-state index is -0.642. The number of nitrogens with one attached hydrogen (secondary N) is 1. The first-order valence-electron chi connectivity index (χ1n) is 3.11. The highest BCUT2D eigenvalue weighted by atomic mass is 16.2. The van der Waals surface area contributed by atoms with Gasteiger partial charge in [-0.05, 0) is 0 Å². The molecule has 0 radical (unpaired) electrons. The molecule has 0 fully saturated rings. The fraction of sp³-hybridized carbons (Fsp3) is 0.286. The van der Waals surface area contributed by atoms with E-state index in [2.05, 4.69) is 5.32 Å². The van der Waals surface area contributed by atoms with Crippen LogP contribution in [0, 0.1) is 17.2 Å². The first kappa shape index (κ1) is 7.48. The Bertz CT molecular complexity index is 285. The molecule has 1 unspecified atom stereocenters. The Kier molecular flexibility index (Phi) is 1.73. The quantitative estimate of drug-likeness (QED) is 0.483. The molecule has 0 aromatic carbocycles. The molecule has 0 aromatic heterocycles. The van der Waals surface area contributed by atoms with Crippen molar-refractivity contribution < 1.29 is 9.59 Å². The summed E-state index contributed by atoms with van der Waals surface area (Å²) < 4.78 is 0. The Hall–Kier alpha value is -1.63. The van der Waals surface area contributed by atoms with Crippen LogP contribution in [-0.2, 0) is 9.59 Å². The molecule has 1 rings (SSSR count). The molecule has 0 spiro atoms. The van der Waals surface area contributed by atoms with Crippen LogP contribution >= 0.6 is 0 Å². The second kappa shape index (κ2) is 2.54. The van der Waals surface area contributed by atoms with Gasteiger partial charge in [0.25, 0.3) is 5.91 Å². The van der Waals surface area contributed by atoms with Crippen molar-refractivity contribution in [3.8, 4) is 6.07 Å². The predicted octanol–water partition coefficient (Wildman–Crippen LogP) is -0.271. The summed E-state index contributed by atoms with van der Waals surface area (Å²) in [5.41, 5.74) is 0.301. The van der Waals surface area contributed by atoms with Crippen LogP contribution in [0.25, 0.3) is 0 Å². The lowest BCUT2D eigenvalue weighted by molar-refractivity contribution is -0.139. The van der Waals surface area contributed by atoms with Crippen LogP contribution in [0.3, 0.4) is 0 Å². The van der Waals surface area contributed by atoms with Gasteiger partial charge < -0.3 is 5.32 Å². The Morgan fingerprint density at radius 2 is 2.27 bits per heavy atom. The molecule has 1 aliphatic rings. The summed E-state index contributed by atoms with van der Waals surface area (Å²) in [7, 11) is 0. The topological polar surface area (TPSA) is 70.0 Å². The number of carbonyl (C=O) groups excluding carboxylic acids is 2. The highest BCUT2D eigenvalue weighted by Crippen LogP contribution is 2.12. The molecule has 1 N–H and O–H groups in total. The number of nitriles is 1. The van der Waals surface area contributed by atoms with E-state index in [1.54, 1.807) is 0 Å². The van der Waals surface area contributed by atoms with Crippen LogP contribution in [0.1, 0.15) is 6.92 Å². The van der Waals surface area contributed by atoms with Gasteiger partial charge in [-0.3, -0.25) is 9.59 Å². The Balaban J connectivity index is 2.99. The molecule has 4 heteroatoms. The standard InChI is InChI=1S/C7H6N2O2/c1-4-5(2-8)3-9-7(11)6(4)10/h3-4H,1H3,(H,9,11). The summed E-state index contributed by atoms with van der Waals surface area (Å²) in [5, 5.41) is 10.6. The number of allylic oxidation sites excluding steroid dienone is 1. The summed E-state index contributed by atoms with van der Waals surface area (Å²) in [5.74, 6) is -1.78. The van der Waals surface area contributed by atoms with E-state index in [4.69, 9.17) is 5.26 Å². The Morgan fingerprint density at radius 3 is 2.82 bits per heavy atom. The van der Waals surface area contributed by atoms with E-state index in [-0.39, 0.29) is 0 Å². The van der Waals surface area contributed by atoms with Gasteiger partial charge in [-0.15, -0.1) is 0 Å². The Morgan fingerprint density at radius 1 is 1.64 bits per heavy atom. The summed E-state index contributed by atoms with van der Waals surface area (Å²) >= 11 is 0. The van der Waals surface area contributed by atoms with Gasteiger partial charge in [-0.2, -0.15) is 5.26 Å². The van der Waals surface area contributed by atoms with Gasteiger partial charge in [0.1, 0.15) is 0 Å². The molecule has 0 aromatic rings. The highest BCUT2D eigenvalue weighted by Gasteiger charge is 2.27. The number of nitrogens with zero attached hydrogens (tertiary/aromatic N) is 1. The predicted molar refractivity (Wildman–Crippen MR) is 36.0 cm³/mol. The molecule has 1 aliphatic heterocycles. The highest BCUT2D eigenvalue weighted by molar-refractivity contribution is 6.38. The summed E-state index contributed by atoms with van der Waals surface area (Å²) in [6.07, 6.45) is 1.27. The van der Waals surface area contributed by atoms with Gasteiger partial charge in [0.05, 0.1) is 17.6 Å². The van der Waals surface area contributed by atoms with Crippen molar-refractivity contribution in [3.05, 3.63) is 11.8 Å². The van der Waals surface area contributed by atoms with Gasteiger partial charge in [0.2, 0.25) is 5.78 Å². The summed E-state index contributed by atoms with van der Waals surface area (Å²) in [6.45, 7) is 1.54. The normalized spacial score (nSPS) is 23.6. The third-order valence-electron chi connectivity index (χ3n) is 1.57. The maximum absolute atomic E-state index is 10.9. The van der Waals surface area contributed by atoms with Crippen molar-refractivity contribution in [2.45, 2.75) is 6.92 Å². The smallest absolute Gasteiger partial charge is 0.291 e. The van der Waals surface area contributed by atoms with Gasteiger partial charge in [-0.25, -0.2) is 0 Å². The zero-order valence-corrected chi connectivity index (χ0v) is 5.92. The fourth-order valence-electron chi connectivity index (χ4n) is 0.806. The maximum Gasteiger partial charge on any atom is 0.291 e. The van der Waals surface area contributed by atoms with Crippen LogP contribution in [-0.4, -0.2) is 11.7 Å². The van der Waals surface area contributed by atoms with Crippen molar-refractivity contribution in [1.82, 2.24) is 5.32 Å². The summed E-state index contributed by atoms with van der Waals surface area (Å²) in [4.78, 5) is 21.5. The second-order valence-electron chi connectivity index (χ2n) is 2.27. The van der Waals surface area contributed by atoms with Crippen molar-refractivity contribution in [2.75, 3.05) is 0 Å². The molecular formula is C7H6N2O2. The van der Waals surface area contributed by atoms with Crippen molar-refractivity contribution in [1.29, 1.82) is 5.26 Å². The molecule has 11 heavy (non-hydrogen) atoms. The molecule has 0 aliphatic carbocycles. The van der Waals surface area contributed by atoms with Crippen LogP contribution < -0.4 is 5.32 Å². The third-order valence-corrected chi connectivity index (χ3v) is 1.57. The van der Waals surface area contributed by atoms with E-state index in [0.717, 1.165) is 0 Å². The number of amides is 1. The number of carbonyl (C=O) groups is 2. The second-order valence-corrected chi connectivity index (χ2v) is 2.27. The van der Waals surface area contributed by atoms with Crippen LogP contribution in [0.15, 0.2) is 11.8 Å². The number of hydrogen-bond donors (Lipinski definition) is 1. The number of rotatable bonds is 0. The lowest BCUT2D eigenvalue weighted by Crippen LogP contribution is -2.36. The van der Waals surface area contributed by atoms with Gasteiger partial charge in [0.15, 0.2) is 0 Å². The van der Waals surface area contributed by atoms with E-state index in [0.29, 0.717) is 5.57 Å². The van der Waals surface area contributed by atoms with E-state index in [9.17, 15) is 9.59 Å². The van der Waals surface area contributed by atoms with E-state index in [1.165, 1.54) is 13.1 Å². The molecule has 1 heterocycles. The van der Waals surface area contributed by atoms with Crippen molar-refractivity contribution >= 4 is 11.7 Å². The molecule has 1 amide bonds. The molecule has 0 saturated carbocycles. The minimum absolute atomic E-state index is 0.301. The van der Waals surface area contributed by atoms with E-state index in [1.807, 2.05) is 6.07 Å². The SMILES string of the molecule is CC1C(=O)C(=O)NC=C1C#N. The molecule has 56 valence electrons. The number of ketones is 1. The molecule has 0 saturated heterocycles. The first-order chi connectivity index (χ1) is 5.16. The van der Waals surface area contributed by atoms with E-state index < -0.39 is 17.6 Å². The molecule has 4 nitrogen and oxygen atoms in total. The van der Waals surface area contributed by atoms with Gasteiger partial charge >= 0.3 is 0 Å². The fourth-order valence-corrected chi connectivity index (χ4v) is 0.806. The Labute approximate surface area is 63.5 Å². The average molecular weight is 150 g/mol. The number of hydrogen-bond acceptors (Lipinski definition) is 3. The maximum atomic E-state index is 10.9. The van der Waals surface area contributed by atoms with Crippen LogP contribution in [0.4, 0.5) is 0 Å². The molecule has 0 bridgehead atoms. The zero-order chi connectivity index (χ0) is 8.43. The van der Waals surface area contributed by atoms with Crippen molar-refractivity contribution in [3.63, 3.8) is 0 Å². The number of Topliss-reactive ketones (excluding diaryl/α,β-unsaturated/α-hetero) is 1. The van der Waals surface area contributed by atoms with Crippen molar-refractivity contribution in [2.24, 2.45) is 5.92 Å². The molecule has 1 atom stereocenters. The van der Waals surface area contributed by atoms with Crippen LogP contribution in [0.5, 0.6) is 0 Å². The lowest BCUT2D eigenvalue weighted by atomic mass is 9.95. The van der Waals surface area contributed by atoms with Gasteiger partial charge in [0, 0.05) is 6.20 Å². The molecular weight excluding hydrogens is 144 g/mol.